The maximum Gasteiger partial charge on any atom is 0.112 e. The first-order valence-electron chi connectivity index (χ1n) is 6.08. The highest BCUT2D eigenvalue weighted by molar-refractivity contribution is 6.31. The topological polar surface area (TPSA) is 53.1 Å². The van der Waals surface area contributed by atoms with E-state index in [1.165, 1.54) is 0 Å². The highest BCUT2D eigenvalue weighted by atomic mass is 35.5. The number of benzene rings is 1. The molecule has 18 heavy (non-hydrogen) atoms. The van der Waals surface area contributed by atoms with Gasteiger partial charge in [0, 0.05) is 31.6 Å². The van der Waals surface area contributed by atoms with E-state index in [1.807, 2.05) is 32.2 Å². The second-order valence-electron chi connectivity index (χ2n) is 4.24. The van der Waals surface area contributed by atoms with Crippen molar-refractivity contribution >= 4 is 22.6 Å². The van der Waals surface area contributed by atoms with E-state index in [0.29, 0.717) is 24.6 Å². The number of hydrogen-bond acceptors (Lipinski definition) is 3. The molecule has 98 valence electrons. The molecule has 0 bridgehead atoms. The molecule has 0 saturated carbocycles. The largest absolute Gasteiger partial charge is 0.377 e. The highest BCUT2D eigenvalue weighted by Crippen LogP contribution is 2.20. The highest BCUT2D eigenvalue weighted by Gasteiger charge is 2.13. The summed E-state index contributed by atoms with van der Waals surface area (Å²) in [5, 5.41) is 0.701. The van der Waals surface area contributed by atoms with E-state index in [9.17, 15) is 0 Å². The molecule has 0 aliphatic carbocycles. The number of hydrogen-bond donors (Lipinski definition) is 1. The van der Waals surface area contributed by atoms with Crippen molar-refractivity contribution in [2.45, 2.75) is 19.4 Å². The number of rotatable bonds is 5. The van der Waals surface area contributed by atoms with Gasteiger partial charge in [-0.2, -0.15) is 0 Å². The van der Waals surface area contributed by atoms with E-state index in [2.05, 4.69) is 9.55 Å². The Morgan fingerprint density at radius 1 is 1.50 bits per heavy atom. The molecule has 1 aromatic heterocycles. The van der Waals surface area contributed by atoms with E-state index in [1.54, 1.807) is 0 Å². The number of nitrogens with zero attached hydrogens (tertiary/aromatic N) is 2. The SMILES string of the molecule is CCOC(CN)Cc1nc2cc(Cl)ccc2n1C. The summed E-state index contributed by atoms with van der Waals surface area (Å²) in [5.74, 6) is 0.969. The Labute approximate surface area is 112 Å². The maximum atomic E-state index is 5.97. The molecule has 0 aliphatic rings. The van der Waals surface area contributed by atoms with Crippen LogP contribution < -0.4 is 5.73 Å². The molecule has 0 radical (unpaired) electrons. The summed E-state index contributed by atoms with van der Waals surface area (Å²) in [6.07, 6.45) is 0.730. The first kappa shape index (κ1) is 13.3. The smallest absolute Gasteiger partial charge is 0.112 e. The predicted octanol–water partition coefficient (Wildman–Crippen LogP) is 2.13. The van der Waals surface area contributed by atoms with E-state index in [0.717, 1.165) is 16.9 Å². The fraction of sp³-hybridized carbons (Fsp3) is 0.462. The summed E-state index contributed by atoms with van der Waals surface area (Å²) in [4.78, 5) is 4.59. The Hall–Kier alpha value is -1.10. The zero-order valence-corrected chi connectivity index (χ0v) is 11.4. The number of aromatic nitrogens is 2. The number of imidazole rings is 1. The first-order valence-corrected chi connectivity index (χ1v) is 6.46. The molecule has 0 spiro atoms. The lowest BCUT2D eigenvalue weighted by Crippen LogP contribution is -2.27. The molecule has 0 fully saturated rings. The molecule has 1 unspecified atom stereocenters. The van der Waals surface area contributed by atoms with Crippen LogP contribution in [0, 0.1) is 0 Å². The van der Waals surface area contributed by atoms with Crippen LogP contribution in [0.5, 0.6) is 0 Å². The number of fused-ring (bicyclic) bond motifs is 1. The van der Waals surface area contributed by atoms with Crippen molar-refractivity contribution in [3.8, 4) is 0 Å². The van der Waals surface area contributed by atoms with E-state index >= 15 is 0 Å². The molecular formula is C13H18ClN3O. The predicted molar refractivity (Wildman–Crippen MR) is 73.9 cm³/mol. The van der Waals surface area contributed by atoms with Crippen LogP contribution in [0.4, 0.5) is 0 Å². The average molecular weight is 268 g/mol. The van der Waals surface area contributed by atoms with Crippen LogP contribution in [-0.4, -0.2) is 28.8 Å². The Morgan fingerprint density at radius 3 is 2.94 bits per heavy atom. The molecule has 2 rings (SSSR count). The van der Waals surface area contributed by atoms with E-state index in [4.69, 9.17) is 22.1 Å². The van der Waals surface area contributed by atoms with Crippen molar-refractivity contribution in [1.82, 2.24) is 9.55 Å². The summed E-state index contributed by atoms with van der Waals surface area (Å²) in [5.41, 5.74) is 7.67. The Morgan fingerprint density at radius 2 is 2.28 bits per heavy atom. The van der Waals surface area contributed by atoms with Gasteiger partial charge in [0.1, 0.15) is 5.82 Å². The van der Waals surface area contributed by atoms with Crippen molar-refractivity contribution in [1.29, 1.82) is 0 Å². The molecule has 2 aromatic rings. The molecule has 0 amide bonds. The van der Waals surface area contributed by atoms with Crippen LogP contribution >= 0.6 is 11.6 Å². The van der Waals surface area contributed by atoms with Gasteiger partial charge in [0.05, 0.1) is 17.1 Å². The second-order valence-corrected chi connectivity index (χ2v) is 4.67. The van der Waals surface area contributed by atoms with Gasteiger partial charge in [0.25, 0.3) is 0 Å². The van der Waals surface area contributed by atoms with Gasteiger partial charge in [-0.15, -0.1) is 0 Å². The van der Waals surface area contributed by atoms with Gasteiger partial charge in [0.2, 0.25) is 0 Å². The lowest BCUT2D eigenvalue weighted by atomic mass is 10.2. The quantitative estimate of drug-likeness (QED) is 0.903. The summed E-state index contributed by atoms with van der Waals surface area (Å²) < 4.78 is 7.63. The summed E-state index contributed by atoms with van der Waals surface area (Å²) in [7, 11) is 2.00. The number of nitrogens with two attached hydrogens (primary N) is 1. The molecule has 0 aliphatic heterocycles. The fourth-order valence-corrected chi connectivity index (χ4v) is 2.22. The summed E-state index contributed by atoms with van der Waals surface area (Å²) >= 11 is 5.97. The Bertz CT molecular complexity index is 538. The zero-order valence-electron chi connectivity index (χ0n) is 10.7. The Kier molecular flexibility index (Phi) is 4.22. The van der Waals surface area contributed by atoms with Gasteiger partial charge in [-0.1, -0.05) is 11.6 Å². The number of ether oxygens (including phenoxy) is 1. The molecule has 5 heteroatoms. The third-order valence-corrected chi connectivity index (χ3v) is 3.25. The minimum Gasteiger partial charge on any atom is -0.377 e. The molecule has 2 N–H and O–H groups in total. The van der Waals surface area contributed by atoms with Crippen LogP contribution in [0.3, 0.4) is 0 Å². The minimum absolute atomic E-state index is 0.0148. The van der Waals surface area contributed by atoms with Crippen LogP contribution in [0.15, 0.2) is 18.2 Å². The second kappa shape index (κ2) is 5.69. The monoisotopic (exact) mass is 267 g/mol. The van der Waals surface area contributed by atoms with E-state index < -0.39 is 0 Å². The summed E-state index contributed by atoms with van der Waals surface area (Å²) in [6.45, 7) is 3.13. The van der Waals surface area contributed by atoms with Gasteiger partial charge >= 0.3 is 0 Å². The van der Waals surface area contributed by atoms with Crippen molar-refractivity contribution in [3.05, 3.63) is 29.0 Å². The van der Waals surface area contributed by atoms with Crippen LogP contribution in [0.25, 0.3) is 11.0 Å². The zero-order chi connectivity index (χ0) is 13.1. The maximum absolute atomic E-state index is 5.97. The lowest BCUT2D eigenvalue weighted by molar-refractivity contribution is 0.0677. The molecule has 1 atom stereocenters. The molecule has 0 saturated heterocycles. The number of aryl methyl sites for hydroxylation is 1. The van der Waals surface area contributed by atoms with E-state index in [-0.39, 0.29) is 6.10 Å². The molecule has 1 heterocycles. The minimum atomic E-state index is 0.0148. The van der Waals surface area contributed by atoms with Crippen LogP contribution in [0.1, 0.15) is 12.7 Å². The third-order valence-electron chi connectivity index (χ3n) is 3.01. The standard InChI is InChI=1S/C13H18ClN3O/c1-3-18-10(8-15)7-13-16-11-6-9(14)4-5-12(11)17(13)2/h4-6,10H,3,7-8,15H2,1-2H3. The lowest BCUT2D eigenvalue weighted by Gasteiger charge is -2.14. The molecular weight excluding hydrogens is 250 g/mol. The van der Waals surface area contributed by atoms with Gasteiger partial charge in [-0.25, -0.2) is 4.98 Å². The normalized spacial score (nSPS) is 13.1. The van der Waals surface area contributed by atoms with Crippen molar-refractivity contribution < 1.29 is 4.74 Å². The van der Waals surface area contributed by atoms with Gasteiger partial charge in [-0.05, 0) is 25.1 Å². The van der Waals surface area contributed by atoms with Gasteiger partial charge in [0.15, 0.2) is 0 Å². The molecule has 1 aromatic carbocycles. The van der Waals surface area contributed by atoms with Crippen LogP contribution in [-0.2, 0) is 18.2 Å². The third kappa shape index (κ3) is 2.66. The van der Waals surface area contributed by atoms with Gasteiger partial charge < -0.3 is 15.0 Å². The van der Waals surface area contributed by atoms with Crippen LogP contribution in [0.2, 0.25) is 5.02 Å². The van der Waals surface area contributed by atoms with Crippen molar-refractivity contribution in [3.63, 3.8) is 0 Å². The Balaban J connectivity index is 2.30. The number of halogens is 1. The van der Waals surface area contributed by atoms with Crippen molar-refractivity contribution in [2.24, 2.45) is 12.8 Å². The summed E-state index contributed by atoms with van der Waals surface area (Å²) in [6, 6.07) is 5.73. The van der Waals surface area contributed by atoms with Gasteiger partial charge in [-0.3, -0.25) is 0 Å². The first-order chi connectivity index (χ1) is 8.65. The van der Waals surface area contributed by atoms with Crippen molar-refractivity contribution in [2.75, 3.05) is 13.2 Å². The molecule has 4 nitrogen and oxygen atoms in total. The fourth-order valence-electron chi connectivity index (χ4n) is 2.06. The average Bonchev–Trinajstić information content (AvgIpc) is 2.65.